The Hall–Kier alpha value is -2.26. The number of hydrogen-bond donors (Lipinski definition) is 3. The maximum atomic E-state index is 12.9. The minimum Gasteiger partial charge on any atom is -0.479 e. The quantitative estimate of drug-likeness (QED) is 0.730. The van der Waals surface area contributed by atoms with E-state index < -0.39 is 24.0 Å². The number of fused-ring (bicyclic) bond motifs is 2. The van der Waals surface area contributed by atoms with Crippen molar-refractivity contribution in [2.24, 2.45) is 0 Å². The first kappa shape index (κ1) is 18.5. The van der Waals surface area contributed by atoms with Gasteiger partial charge in [-0.15, -0.1) is 11.3 Å². The largest absolute Gasteiger partial charge is 0.479 e. The van der Waals surface area contributed by atoms with Crippen LogP contribution >= 0.6 is 11.3 Å². The van der Waals surface area contributed by atoms with Crippen LogP contribution in [0.1, 0.15) is 47.2 Å². The lowest BCUT2D eigenvalue weighted by Gasteiger charge is -2.18. The molecule has 0 spiro atoms. The lowest BCUT2D eigenvalue weighted by atomic mass is 10.1. The van der Waals surface area contributed by atoms with E-state index in [9.17, 15) is 19.5 Å². The van der Waals surface area contributed by atoms with Crippen molar-refractivity contribution in [3.63, 3.8) is 0 Å². The topological polar surface area (TPSA) is 122 Å². The Bertz CT molecular complexity index is 944. The van der Waals surface area contributed by atoms with Gasteiger partial charge in [-0.3, -0.25) is 14.2 Å². The Morgan fingerprint density at radius 1 is 1.35 bits per heavy atom. The van der Waals surface area contributed by atoms with Gasteiger partial charge in [-0.2, -0.15) is 0 Å². The fraction of sp³-hybridized carbons (Fsp3) is 0.529. The van der Waals surface area contributed by atoms with E-state index in [1.165, 1.54) is 0 Å². The van der Waals surface area contributed by atoms with Crippen LogP contribution in [0.2, 0.25) is 0 Å². The molecule has 0 fully saturated rings. The standard InChI is InChI=1S/C17H21N3O5S/c1-9-11-14(19-10-6-4-3-5-7-20(10)15(11)22)26-12(9)13(21)18-8-17(2,25)16(23)24/h25H,3-8H2,1-2H3,(H,18,21)(H,23,24). The number of carboxylic acid groups (broad SMARTS) is 1. The summed E-state index contributed by atoms with van der Waals surface area (Å²) in [5.74, 6) is -1.19. The molecule has 26 heavy (non-hydrogen) atoms. The van der Waals surface area contributed by atoms with Crippen molar-refractivity contribution < 1.29 is 19.8 Å². The normalized spacial score (nSPS) is 16.6. The van der Waals surface area contributed by atoms with E-state index >= 15 is 0 Å². The first-order chi connectivity index (χ1) is 12.2. The predicted molar refractivity (Wildman–Crippen MR) is 96.8 cm³/mol. The number of carbonyl (C=O) groups excluding carboxylic acids is 1. The number of nitrogens with one attached hydrogen (secondary N) is 1. The van der Waals surface area contributed by atoms with E-state index in [0.29, 0.717) is 27.2 Å². The summed E-state index contributed by atoms with van der Waals surface area (Å²) < 4.78 is 1.70. The van der Waals surface area contributed by atoms with E-state index in [1.54, 1.807) is 11.5 Å². The number of aliphatic carboxylic acids is 1. The molecule has 9 heteroatoms. The SMILES string of the molecule is Cc1c(C(=O)NCC(C)(O)C(=O)O)sc2nc3n(c(=O)c12)CCCCC3. The molecular formula is C17H21N3O5S. The van der Waals surface area contributed by atoms with E-state index in [1.807, 2.05) is 0 Å². The summed E-state index contributed by atoms with van der Waals surface area (Å²) in [7, 11) is 0. The summed E-state index contributed by atoms with van der Waals surface area (Å²) in [5, 5.41) is 21.5. The Morgan fingerprint density at radius 3 is 2.77 bits per heavy atom. The molecule has 0 aliphatic carbocycles. The zero-order valence-corrected chi connectivity index (χ0v) is 15.5. The van der Waals surface area contributed by atoms with Crippen LogP contribution in [0.15, 0.2) is 4.79 Å². The van der Waals surface area contributed by atoms with Gasteiger partial charge in [0.05, 0.1) is 16.8 Å². The molecule has 140 valence electrons. The average Bonchev–Trinajstić information content (AvgIpc) is 2.76. The van der Waals surface area contributed by atoms with Crippen LogP contribution in [0.5, 0.6) is 0 Å². The minimum atomic E-state index is -2.06. The molecule has 2 aromatic rings. The van der Waals surface area contributed by atoms with Crippen molar-refractivity contribution in [2.45, 2.75) is 51.7 Å². The molecule has 0 saturated carbocycles. The molecule has 1 aliphatic heterocycles. The third-order valence-electron chi connectivity index (χ3n) is 4.67. The Kier molecular flexibility index (Phi) is 4.85. The number of carboxylic acids is 1. The minimum absolute atomic E-state index is 0.128. The van der Waals surface area contributed by atoms with Gasteiger partial charge in [-0.25, -0.2) is 9.78 Å². The molecule has 0 bridgehead atoms. The van der Waals surface area contributed by atoms with Gasteiger partial charge in [0.2, 0.25) is 0 Å². The maximum Gasteiger partial charge on any atom is 0.337 e. The van der Waals surface area contributed by atoms with Crippen LogP contribution in [0.4, 0.5) is 0 Å². The highest BCUT2D eigenvalue weighted by atomic mass is 32.1. The van der Waals surface area contributed by atoms with Crippen molar-refractivity contribution in [3.05, 3.63) is 26.6 Å². The number of rotatable bonds is 4. The average molecular weight is 379 g/mol. The van der Waals surface area contributed by atoms with Crippen LogP contribution in [-0.2, 0) is 17.8 Å². The van der Waals surface area contributed by atoms with E-state index in [-0.39, 0.29) is 5.56 Å². The summed E-state index contributed by atoms with van der Waals surface area (Å²) in [6.45, 7) is 3.00. The molecule has 1 amide bonds. The fourth-order valence-corrected chi connectivity index (χ4v) is 4.14. The van der Waals surface area contributed by atoms with E-state index in [2.05, 4.69) is 10.3 Å². The molecule has 3 rings (SSSR count). The molecule has 0 aromatic carbocycles. The number of aliphatic hydroxyl groups is 1. The predicted octanol–water partition coefficient (Wildman–Crippen LogP) is 1.06. The van der Waals surface area contributed by atoms with Crippen LogP contribution < -0.4 is 10.9 Å². The molecule has 0 saturated heterocycles. The van der Waals surface area contributed by atoms with Gasteiger partial charge in [-0.1, -0.05) is 6.42 Å². The van der Waals surface area contributed by atoms with Crippen LogP contribution in [0.25, 0.3) is 10.2 Å². The van der Waals surface area contributed by atoms with Crippen molar-refractivity contribution in [2.75, 3.05) is 6.54 Å². The number of hydrogen-bond acceptors (Lipinski definition) is 6. The lowest BCUT2D eigenvalue weighted by Crippen LogP contribution is -2.46. The Balaban J connectivity index is 1.97. The third-order valence-corrected chi connectivity index (χ3v) is 5.86. The van der Waals surface area contributed by atoms with Crippen LogP contribution in [-0.4, -0.2) is 43.8 Å². The van der Waals surface area contributed by atoms with E-state index in [4.69, 9.17) is 5.11 Å². The molecular weight excluding hydrogens is 358 g/mol. The zero-order chi connectivity index (χ0) is 19.1. The lowest BCUT2D eigenvalue weighted by molar-refractivity contribution is -0.155. The molecule has 1 atom stereocenters. The molecule has 2 aromatic heterocycles. The molecule has 1 aliphatic rings. The molecule has 8 nitrogen and oxygen atoms in total. The van der Waals surface area contributed by atoms with Gasteiger partial charge in [-0.05, 0) is 32.3 Å². The number of aromatic nitrogens is 2. The highest BCUT2D eigenvalue weighted by molar-refractivity contribution is 7.20. The van der Waals surface area contributed by atoms with Crippen molar-refractivity contribution >= 4 is 33.4 Å². The third kappa shape index (κ3) is 3.24. The second-order valence-corrected chi connectivity index (χ2v) is 7.79. The molecule has 1 unspecified atom stereocenters. The summed E-state index contributed by atoms with van der Waals surface area (Å²) in [6, 6.07) is 0. The van der Waals surface area contributed by atoms with Gasteiger partial charge in [0.1, 0.15) is 10.7 Å². The summed E-state index contributed by atoms with van der Waals surface area (Å²) in [5.41, 5.74) is -1.65. The monoisotopic (exact) mass is 379 g/mol. The number of aryl methyl sites for hydroxylation is 2. The second kappa shape index (κ2) is 6.81. The van der Waals surface area contributed by atoms with Crippen molar-refractivity contribution in [1.82, 2.24) is 14.9 Å². The zero-order valence-electron chi connectivity index (χ0n) is 14.7. The van der Waals surface area contributed by atoms with Gasteiger partial charge < -0.3 is 15.5 Å². The van der Waals surface area contributed by atoms with Gasteiger partial charge in [0.25, 0.3) is 11.5 Å². The van der Waals surface area contributed by atoms with E-state index in [0.717, 1.165) is 49.8 Å². The molecule has 0 radical (unpaired) electrons. The highest BCUT2D eigenvalue weighted by Crippen LogP contribution is 2.28. The molecule has 3 heterocycles. The van der Waals surface area contributed by atoms with Gasteiger partial charge >= 0.3 is 5.97 Å². The van der Waals surface area contributed by atoms with Gasteiger partial charge in [0, 0.05) is 13.0 Å². The fourth-order valence-electron chi connectivity index (χ4n) is 3.03. The van der Waals surface area contributed by atoms with Crippen molar-refractivity contribution in [1.29, 1.82) is 0 Å². The van der Waals surface area contributed by atoms with Crippen LogP contribution in [0.3, 0.4) is 0 Å². The maximum absolute atomic E-state index is 12.9. The molecule has 3 N–H and O–H groups in total. The Labute approximate surface area is 153 Å². The van der Waals surface area contributed by atoms with Gasteiger partial charge in [0.15, 0.2) is 5.60 Å². The number of nitrogens with zero attached hydrogens (tertiary/aromatic N) is 2. The number of thiophene rings is 1. The number of amides is 1. The Morgan fingerprint density at radius 2 is 2.08 bits per heavy atom. The summed E-state index contributed by atoms with van der Waals surface area (Å²) >= 11 is 1.12. The first-order valence-corrected chi connectivity index (χ1v) is 9.31. The smallest absolute Gasteiger partial charge is 0.337 e. The summed E-state index contributed by atoms with van der Waals surface area (Å²) in [4.78, 5) is 41.7. The second-order valence-electron chi connectivity index (χ2n) is 6.79. The summed E-state index contributed by atoms with van der Waals surface area (Å²) in [6.07, 6.45) is 3.72. The highest BCUT2D eigenvalue weighted by Gasteiger charge is 2.31. The van der Waals surface area contributed by atoms with Crippen molar-refractivity contribution in [3.8, 4) is 0 Å². The van der Waals surface area contributed by atoms with Crippen LogP contribution in [0, 0.1) is 6.92 Å². The first-order valence-electron chi connectivity index (χ1n) is 8.49. The number of carbonyl (C=O) groups is 2.